The molecule has 0 rings (SSSR count). The molecular formula is C14H25N3O6S. The zero-order chi connectivity index (χ0) is 18.5. The number of nitrogens with two attached hydrogens (primary N) is 1. The second-order valence-electron chi connectivity index (χ2n) is 5.08. The molecule has 0 aromatic heterocycles. The lowest BCUT2D eigenvalue weighted by Crippen LogP contribution is -2.49. The number of carbonyl (C=O) groups is 4. The van der Waals surface area contributed by atoms with Crippen LogP contribution in [0, 0.1) is 0 Å². The van der Waals surface area contributed by atoms with E-state index >= 15 is 0 Å². The lowest BCUT2D eigenvalue weighted by molar-refractivity contribution is -0.145. The Kier molecular flexibility index (Phi) is 11.6. The Hall–Kier alpha value is -1.81. The molecule has 0 radical (unpaired) electrons. The van der Waals surface area contributed by atoms with Crippen LogP contribution in [0.25, 0.3) is 0 Å². The number of thiol groups is 1. The largest absolute Gasteiger partial charge is 0.480 e. The number of nitrogens with one attached hydrogen (secondary N) is 2. The fourth-order valence-electron chi connectivity index (χ4n) is 1.58. The third-order valence-corrected chi connectivity index (χ3v) is 3.34. The van der Waals surface area contributed by atoms with E-state index in [0.717, 1.165) is 12.8 Å². The molecule has 5 N–H and O–H groups in total. The Morgan fingerprint density at radius 2 is 1.96 bits per heavy atom. The fraction of sp³-hybridized carbons (Fsp3) is 0.714. The molecule has 2 amide bonds. The van der Waals surface area contributed by atoms with E-state index in [1.54, 1.807) is 0 Å². The molecule has 0 aromatic rings. The van der Waals surface area contributed by atoms with Gasteiger partial charge < -0.3 is 26.2 Å². The van der Waals surface area contributed by atoms with Gasteiger partial charge in [-0.2, -0.15) is 12.6 Å². The second kappa shape index (κ2) is 12.6. The molecule has 0 saturated carbocycles. The van der Waals surface area contributed by atoms with Crippen LogP contribution in [-0.4, -0.2) is 59.8 Å². The van der Waals surface area contributed by atoms with Crippen LogP contribution >= 0.6 is 12.6 Å². The van der Waals surface area contributed by atoms with E-state index in [0.29, 0.717) is 6.61 Å². The lowest BCUT2D eigenvalue weighted by Gasteiger charge is -2.16. The molecule has 10 heteroatoms. The predicted molar refractivity (Wildman–Crippen MR) is 89.5 cm³/mol. The summed E-state index contributed by atoms with van der Waals surface area (Å²) in [5.41, 5.74) is 5.64. The fourth-order valence-corrected chi connectivity index (χ4v) is 1.83. The number of rotatable bonds is 12. The summed E-state index contributed by atoms with van der Waals surface area (Å²) in [6, 6.07) is -1.88. The second-order valence-corrected chi connectivity index (χ2v) is 5.45. The molecule has 0 bridgehead atoms. The van der Waals surface area contributed by atoms with E-state index in [1.165, 1.54) is 0 Å². The van der Waals surface area contributed by atoms with Crippen LogP contribution in [0.15, 0.2) is 0 Å². The third-order valence-electron chi connectivity index (χ3n) is 2.98. The first-order chi connectivity index (χ1) is 11.3. The van der Waals surface area contributed by atoms with Crippen molar-refractivity contribution >= 4 is 36.4 Å². The van der Waals surface area contributed by atoms with Gasteiger partial charge in [-0.3, -0.25) is 19.2 Å². The van der Waals surface area contributed by atoms with Crippen molar-refractivity contribution in [2.75, 3.05) is 18.9 Å². The number of carboxylic acid groups (broad SMARTS) is 1. The van der Waals surface area contributed by atoms with Crippen LogP contribution in [0.1, 0.15) is 32.6 Å². The number of amides is 2. The van der Waals surface area contributed by atoms with E-state index in [-0.39, 0.29) is 18.6 Å². The lowest BCUT2D eigenvalue weighted by atomic mass is 10.1. The van der Waals surface area contributed by atoms with Crippen LogP contribution in [-0.2, 0) is 23.9 Å². The number of ether oxygens (including phenoxy) is 1. The molecule has 138 valence electrons. The molecule has 0 spiro atoms. The summed E-state index contributed by atoms with van der Waals surface area (Å²) in [4.78, 5) is 45.4. The first kappa shape index (κ1) is 22.2. The minimum absolute atomic E-state index is 0.00229. The molecule has 0 saturated heterocycles. The van der Waals surface area contributed by atoms with Gasteiger partial charge in [-0.05, 0) is 12.8 Å². The Labute approximate surface area is 146 Å². The van der Waals surface area contributed by atoms with Crippen molar-refractivity contribution in [2.45, 2.75) is 44.7 Å². The van der Waals surface area contributed by atoms with Gasteiger partial charge in [0.2, 0.25) is 11.8 Å². The summed E-state index contributed by atoms with van der Waals surface area (Å²) < 4.78 is 4.94. The molecule has 0 heterocycles. The van der Waals surface area contributed by atoms with Crippen molar-refractivity contribution in [2.24, 2.45) is 5.73 Å². The van der Waals surface area contributed by atoms with Crippen molar-refractivity contribution in [3.05, 3.63) is 0 Å². The summed E-state index contributed by atoms with van der Waals surface area (Å²) in [5, 5.41) is 13.1. The standard InChI is InChI=1S/C14H25N3O6S/c1-2-3-6-23-14(22)9(15)4-5-11(18)17-10(8-24)13(21)16-7-12(19)20/h9-10,24H,2-8,15H2,1H3,(H,16,21)(H,17,18)(H,19,20). The number of hydrogen-bond donors (Lipinski definition) is 5. The molecule has 0 aliphatic carbocycles. The number of hydrogen-bond acceptors (Lipinski definition) is 7. The maximum Gasteiger partial charge on any atom is 0.322 e. The van der Waals surface area contributed by atoms with E-state index < -0.39 is 42.4 Å². The van der Waals surface area contributed by atoms with Crippen LogP contribution < -0.4 is 16.4 Å². The van der Waals surface area contributed by atoms with E-state index in [2.05, 4.69) is 23.3 Å². The number of unbranched alkanes of at least 4 members (excludes halogenated alkanes) is 1. The maximum absolute atomic E-state index is 11.8. The first-order valence-corrected chi connectivity index (χ1v) is 8.27. The highest BCUT2D eigenvalue weighted by atomic mass is 32.1. The van der Waals surface area contributed by atoms with Crippen molar-refractivity contribution < 1.29 is 29.0 Å². The monoisotopic (exact) mass is 363 g/mol. The molecule has 9 nitrogen and oxygen atoms in total. The highest BCUT2D eigenvalue weighted by Gasteiger charge is 2.21. The molecule has 0 fully saturated rings. The van der Waals surface area contributed by atoms with Gasteiger partial charge in [0.1, 0.15) is 18.6 Å². The number of aliphatic carboxylic acids is 1. The average Bonchev–Trinajstić information content (AvgIpc) is 2.55. The average molecular weight is 363 g/mol. The highest BCUT2D eigenvalue weighted by Crippen LogP contribution is 2.00. The molecule has 2 unspecified atom stereocenters. The SMILES string of the molecule is CCCCOC(=O)C(N)CCC(=O)NC(CS)C(=O)NCC(=O)O. The van der Waals surface area contributed by atoms with Crippen molar-refractivity contribution in [1.82, 2.24) is 10.6 Å². The van der Waals surface area contributed by atoms with E-state index in [9.17, 15) is 19.2 Å². The van der Waals surface area contributed by atoms with Crippen molar-refractivity contribution in [3.63, 3.8) is 0 Å². The number of carboxylic acids is 1. The quantitative estimate of drug-likeness (QED) is 0.171. The normalized spacial score (nSPS) is 12.8. The van der Waals surface area contributed by atoms with E-state index in [4.69, 9.17) is 15.6 Å². The van der Waals surface area contributed by atoms with Gasteiger partial charge in [-0.25, -0.2) is 0 Å². The van der Waals surface area contributed by atoms with Gasteiger partial charge in [0.15, 0.2) is 0 Å². The first-order valence-electron chi connectivity index (χ1n) is 7.63. The zero-order valence-electron chi connectivity index (χ0n) is 13.6. The Morgan fingerprint density at radius 1 is 1.29 bits per heavy atom. The van der Waals surface area contributed by atoms with Gasteiger partial charge in [0.05, 0.1) is 6.61 Å². The van der Waals surface area contributed by atoms with Crippen molar-refractivity contribution in [3.8, 4) is 0 Å². The Morgan fingerprint density at radius 3 is 2.50 bits per heavy atom. The van der Waals surface area contributed by atoms with Crippen LogP contribution in [0.5, 0.6) is 0 Å². The van der Waals surface area contributed by atoms with E-state index in [1.807, 2.05) is 6.92 Å². The molecule has 0 aliphatic heterocycles. The van der Waals surface area contributed by atoms with Gasteiger partial charge in [0.25, 0.3) is 0 Å². The van der Waals surface area contributed by atoms with Crippen LogP contribution in [0.3, 0.4) is 0 Å². The highest BCUT2D eigenvalue weighted by molar-refractivity contribution is 7.80. The molecular weight excluding hydrogens is 338 g/mol. The van der Waals surface area contributed by atoms with Crippen molar-refractivity contribution in [1.29, 1.82) is 0 Å². The molecule has 0 aromatic carbocycles. The third kappa shape index (κ3) is 10.1. The molecule has 24 heavy (non-hydrogen) atoms. The van der Waals surface area contributed by atoms with Gasteiger partial charge in [-0.1, -0.05) is 13.3 Å². The van der Waals surface area contributed by atoms with Gasteiger partial charge >= 0.3 is 11.9 Å². The summed E-state index contributed by atoms with van der Waals surface area (Å²) in [5.74, 6) is -2.90. The van der Waals surface area contributed by atoms with Crippen LogP contribution in [0.2, 0.25) is 0 Å². The topological polar surface area (TPSA) is 148 Å². The van der Waals surface area contributed by atoms with Crippen LogP contribution in [0.4, 0.5) is 0 Å². The minimum atomic E-state index is -1.19. The summed E-state index contributed by atoms with van der Waals surface area (Å²) >= 11 is 3.94. The minimum Gasteiger partial charge on any atom is -0.480 e. The van der Waals surface area contributed by atoms with Gasteiger partial charge in [0, 0.05) is 12.2 Å². The summed E-state index contributed by atoms with van der Waals surface area (Å²) in [6.45, 7) is 1.71. The predicted octanol–water partition coefficient (Wildman–Crippen LogP) is -0.947. The smallest absolute Gasteiger partial charge is 0.322 e. The summed E-state index contributed by atoms with van der Waals surface area (Å²) in [6.07, 6.45) is 1.64. The molecule has 2 atom stereocenters. The Balaban J connectivity index is 4.19. The Bertz CT molecular complexity index is 446. The maximum atomic E-state index is 11.8. The number of esters is 1. The molecule has 0 aliphatic rings. The van der Waals surface area contributed by atoms with Gasteiger partial charge in [-0.15, -0.1) is 0 Å². The zero-order valence-corrected chi connectivity index (χ0v) is 14.5. The number of carbonyl (C=O) groups excluding carboxylic acids is 3. The summed E-state index contributed by atoms with van der Waals surface area (Å²) in [7, 11) is 0.